The van der Waals surface area contributed by atoms with Crippen LogP contribution in [0.2, 0.25) is 15.1 Å². The molecule has 0 saturated carbocycles. The molecule has 8 heteroatoms. The summed E-state index contributed by atoms with van der Waals surface area (Å²) in [6.07, 6.45) is 0. The van der Waals surface area contributed by atoms with E-state index in [1.165, 1.54) is 4.90 Å². The zero-order valence-corrected chi connectivity index (χ0v) is 16.5. The van der Waals surface area contributed by atoms with Crippen molar-refractivity contribution in [1.82, 2.24) is 0 Å². The van der Waals surface area contributed by atoms with Crippen LogP contribution in [0.3, 0.4) is 0 Å². The number of nitrogens with zero attached hydrogens (tertiary/aromatic N) is 1. The monoisotopic (exact) mass is 427 g/mol. The zero-order chi connectivity index (χ0) is 18.8. The second kappa shape index (κ2) is 7.84. The molecule has 1 aromatic heterocycles. The van der Waals surface area contributed by atoms with Crippen molar-refractivity contribution in [3.8, 4) is 0 Å². The molecule has 0 bridgehead atoms. The molecule has 0 spiro atoms. The first-order valence-electron chi connectivity index (χ1n) is 7.44. The van der Waals surface area contributed by atoms with Crippen LogP contribution in [0, 0.1) is 0 Å². The van der Waals surface area contributed by atoms with Gasteiger partial charge in [-0.25, -0.2) is 4.79 Å². The lowest BCUT2D eigenvalue weighted by atomic mass is 10.2. The van der Waals surface area contributed by atoms with Crippen molar-refractivity contribution in [2.75, 3.05) is 18.6 Å². The SMILES string of the molecule is CN(C(=O)COC(=O)c1sc2cc(Cl)cc(Cl)c2c1Cl)c1ccccc1. The summed E-state index contributed by atoms with van der Waals surface area (Å²) in [6, 6.07) is 12.3. The number of fused-ring (bicyclic) bond motifs is 1. The number of benzene rings is 2. The van der Waals surface area contributed by atoms with E-state index < -0.39 is 12.6 Å². The topological polar surface area (TPSA) is 46.6 Å². The molecule has 0 radical (unpaired) electrons. The van der Waals surface area contributed by atoms with Gasteiger partial charge in [0.2, 0.25) is 0 Å². The molecule has 0 N–H and O–H groups in total. The van der Waals surface area contributed by atoms with Crippen LogP contribution in [-0.4, -0.2) is 25.5 Å². The fourth-order valence-corrected chi connectivity index (χ4v) is 4.59. The Balaban J connectivity index is 1.74. The minimum absolute atomic E-state index is 0.181. The van der Waals surface area contributed by atoms with Crippen molar-refractivity contribution in [2.45, 2.75) is 0 Å². The highest BCUT2D eigenvalue weighted by Crippen LogP contribution is 2.41. The zero-order valence-electron chi connectivity index (χ0n) is 13.5. The lowest BCUT2D eigenvalue weighted by Gasteiger charge is -2.16. The molecule has 1 amide bonds. The van der Waals surface area contributed by atoms with Gasteiger partial charge in [-0.15, -0.1) is 11.3 Å². The summed E-state index contributed by atoms with van der Waals surface area (Å²) >= 11 is 19.5. The maximum absolute atomic E-state index is 12.4. The summed E-state index contributed by atoms with van der Waals surface area (Å²) in [5.74, 6) is -1.04. The van der Waals surface area contributed by atoms with Gasteiger partial charge < -0.3 is 9.64 Å². The molecule has 3 rings (SSSR count). The molecule has 0 saturated heterocycles. The van der Waals surface area contributed by atoms with E-state index in [1.807, 2.05) is 18.2 Å². The molecule has 2 aromatic carbocycles. The Morgan fingerprint density at radius 1 is 1.12 bits per heavy atom. The van der Waals surface area contributed by atoms with Crippen LogP contribution >= 0.6 is 46.1 Å². The van der Waals surface area contributed by atoms with Gasteiger partial charge in [0.05, 0.1) is 10.0 Å². The van der Waals surface area contributed by atoms with Gasteiger partial charge in [0.1, 0.15) is 4.88 Å². The number of para-hydroxylation sites is 1. The van der Waals surface area contributed by atoms with Gasteiger partial charge >= 0.3 is 5.97 Å². The number of hydrogen-bond acceptors (Lipinski definition) is 4. The molecule has 4 nitrogen and oxygen atoms in total. The molecule has 26 heavy (non-hydrogen) atoms. The third kappa shape index (κ3) is 3.81. The third-order valence-electron chi connectivity index (χ3n) is 3.68. The van der Waals surface area contributed by atoms with Crippen molar-refractivity contribution in [1.29, 1.82) is 0 Å². The molecule has 0 aliphatic rings. The molecule has 0 unspecified atom stereocenters. The summed E-state index contributed by atoms with van der Waals surface area (Å²) in [5, 5.41) is 1.54. The number of anilines is 1. The van der Waals surface area contributed by atoms with E-state index in [2.05, 4.69) is 0 Å². The number of carbonyl (C=O) groups is 2. The summed E-state index contributed by atoms with van der Waals surface area (Å²) in [7, 11) is 1.61. The van der Waals surface area contributed by atoms with Crippen LogP contribution in [0.5, 0.6) is 0 Å². The van der Waals surface area contributed by atoms with E-state index in [1.54, 1.807) is 31.3 Å². The molecule has 0 aliphatic heterocycles. The van der Waals surface area contributed by atoms with E-state index in [9.17, 15) is 9.59 Å². The quantitative estimate of drug-likeness (QED) is 0.502. The predicted octanol–water partition coefficient (Wildman–Crippen LogP) is 5.68. The molecule has 0 atom stereocenters. The Morgan fingerprint density at radius 2 is 1.81 bits per heavy atom. The van der Waals surface area contributed by atoms with Crippen molar-refractivity contribution in [2.24, 2.45) is 0 Å². The van der Waals surface area contributed by atoms with Crippen LogP contribution < -0.4 is 4.90 Å². The summed E-state index contributed by atoms with van der Waals surface area (Å²) in [4.78, 5) is 26.2. The fourth-order valence-electron chi connectivity index (χ4n) is 2.33. The van der Waals surface area contributed by atoms with E-state index in [0.717, 1.165) is 11.3 Å². The van der Waals surface area contributed by atoms with E-state index in [4.69, 9.17) is 39.5 Å². The third-order valence-corrected chi connectivity index (χ3v) is 5.80. The second-order valence-electron chi connectivity index (χ2n) is 5.37. The molecule has 3 aromatic rings. The average Bonchev–Trinajstić information content (AvgIpc) is 2.96. The van der Waals surface area contributed by atoms with Gasteiger partial charge in [0, 0.05) is 27.8 Å². The van der Waals surface area contributed by atoms with Gasteiger partial charge in [-0.2, -0.15) is 0 Å². The molecular weight excluding hydrogens is 417 g/mol. The maximum Gasteiger partial charge on any atom is 0.350 e. The standard InChI is InChI=1S/C18H12Cl3NO3S/c1-22(11-5-3-2-4-6-11)14(23)9-25-18(24)17-16(21)15-12(20)7-10(19)8-13(15)26-17/h2-8H,9H2,1H3. The Hall–Kier alpha value is -1.79. The number of hydrogen-bond donors (Lipinski definition) is 0. The number of carbonyl (C=O) groups excluding carboxylic acids is 2. The van der Waals surface area contributed by atoms with Crippen LogP contribution in [0.1, 0.15) is 9.67 Å². The smallest absolute Gasteiger partial charge is 0.350 e. The van der Waals surface area contributed by atoms with Crippen LogP contribution in [0.25, 0.3) is 10.1 Å². The van der Waals surface area contributed by atoms with Crippen LogP contribution in [-0.2, 0) is 9.53 Å². The lowest BCUT2D eigenvalue weighted by molar-refractivity contribution is -0.121. The van der Waals surface area contributed by atoms with E-state index >= 15 is 0 Å². The molecule has 0 aliphatic carbocycles. The Kier molecular flexibility index (Phi) is 5.73. The van der Waals surface area contributed by atoms with Crippen molar-refractivity contribution >= 4 is 73.8 Å². The molecule has 134 valence electrons. The Morgan fingerprint density at radius 3 is 2.50 bits per heavy atom. The summed E-state index contributed by atoms with van der Waals surface area (Å²) in [5.41, 5.74) is 0.704. The number of ether oxygens (including phenoxy) is 1. The van der Waals surface area contributed by atoms with Crippen molar-refractivity contribution < 1.29 is 14.3 Å². The highest BCUT2D eigenvalue weighted by Gasteiger charge is 2.22. The fraction of sp³-hybridized carbons (Fsp3) is 0.111. The second-order valence-corrected chi connectivity index (χ2v) is 7.64. The van der Waals surface area contributed by atoms with Gasteiger partial charge in [0.15, 0.2) is 6.61 Å². The minimum Gasteiger partial charge on any atom is -0.451 e. The lowest BCUT2D eigenvalue weighted by Crippen LogP contribution is -2.31. The van der Waals surface area contributed by atoms with E-state index in [0.29, 0.717) is 25.8 Å². The summed E-state index contributed by atoms with van der Waals surface area (Å²) in [6.45, 7) is -0.400. The Bertz CT molecular complexity index is 988. The van der Waals surface area contributed by atoms with Gasteiger partial charge in [-0.1, -0.05) is 53.0 Å². The first kappa shape index (κ1) is 19.0. The van der Waals surface area contributed by atoms with Gasteiger partial charge in [-0.05, 0) is 24.3 Å². The number of thiophene rings is 1. The van der Waals surface area contributed by atoms with Crippen molar-refractivity contribution in [3.63, 3.8) is 0 Å². The van der Waals surface area contributed by atoms with Crippen LogP contribution in [0.4, 0.5) is 5.69 Å². The minimum atomic E-state index is -0.682. The normalized spacial score (nSPS) is 10.8. The van der Waals surface area contributed by atoms with Crippen molar-refractivity contribution in [3.05, 3.63) is 62.4 Å². The molecule has 1 heterocycles. The number of halogens is 3. The van der Waals surface area contributed by atoms with Gasteiger partial charge in [-0.3, -0.25) is 4.79 Å². The van der Waals surface area contributed by atoms with Crippen LogP contribution in [0.15, 0.2) is 42.5 Å². The van der Waals surface area contributed by atoms with Gasteiger partial charge in [0.25, 0.3) is 5.91 Å². The highest BCUT2D eigenvalue weighted by molar-refractivity contribution is 7.21. The van der Waals surface area contributed by atoms with E-state index in [-0.39, 0.29) is 15.8 Å². The number of amides is 1. The number of likely N-dealkylation sites (N-methyl/N-ethyl adjacent to an activating group) is 1. The Labute approximate surface area is 168 Å². The largest absolute Gasteiger partial charge is 0.451 e. The first-order chi connectivity index (χ1) is 12.4. The maximum atomic E-state index is 12.4. The average molecular weight is 429 g/mol. The number of esters is 1. The predicted molar refractivity (Wildman–Crippen MR) is 107 cm³/mol. The molecular formula is C18H12Cl3NO3S. The molecule has 0 fully saturated rings. The first-order valence-corrected chi connectivity index (χ1v) is 9.39. The highest BCUT2D eigenvalue weighted by atomic mass is 35.5. The summed E-state index contributed by atoms with van der Waals surface area (Å²) < 4.78 is 5.81. The number of rotatable bonds is 4.